The zero-order chi connectivity index (χ0) is 21.0. The smallest absolute Gasteiger partial charge is 0.0763 e. The van der Waals surface area contributed by atoms with E-state index in [-0.39, 0.29) is 23.9 Å². The number of hydrogen-bond donors (Lipinski definition) is 0. The van der Waals surface area contributed by atoms with Gasteiger partial charge in [-0.2, -0.15) is 0 Å². The molecule has 0 aromatic heterocycles. The molecular formula is C24H47BNP3. The topological polar surface area (TPSA) is 3.24 Å². The van der Waals surface area contributed by atoms with Crippen molar-refractivity contribution < 1.29 is 0 Å². The average Bonchev–Trinajstić information content (AvgIpc) is 3.43. The van der Waals surface area contributed by atoms with E-state index < -0.39 is 0 Å². The van der Waals surface area contributed by atoms with Gasteiger partial charge in [0.25, 0.3) is 0 Å². The predicted octanol–water partition coefficient (Wildman–Crippen LogP) is 8.33. The SMILES string of the molecule is [B][C@@H]1CC[C@@H](CC)P1CN(CP1[C@H](CC)CC[C@H]1CC)P1[C@H](CC)CC[C@H]1CC. The third kappa shape index (κ3) is 5.63. The largest absolute Gasteiger partial charge is 0.273 e. The van der Waals surface area contributed by atoms with Crippen molar-refractivity contribution in [1.82, 2.24) is 4.67 Å². The maximum Gasteiger partial charge on any atom is 0.0763 e. The summed E-state index contributed by atoms with van der Waals surface area (Å²) in [4.78, 5) is 0. The zero-order valence-electron chi connectivity index (χ0n) is 20.0. The van der Waals surface area contributed by atoms with Crippen molar-refractivity contribution >= 4 is 31.8 Å². The van der Waals surface area contributed by atoms with E-state index in [0.717, 1.165) is 28.3 Å². The molecule has 166 valence electrons. The molecule has 5 heteroatoms. The van der Waals surface area contributed by atoms with Crippen LogP contribution in [0.1, 0.15) is 105 Å². The minimum Gasteiger partial charge on any atom is -0.273 e. The molecule has 29 heavy (non-hydrogen) atoms. The minimum absolute atomic E-state index is 0.000453. The van der Waals surface area contributed by atoms with E-state index in [2.05, 4.69) is 39.3 Å². The van der Waals surface area contributed by atoms with Gasteiger partial charge in [0, 0.05) is 12.6 Å². The molecule has 3 aliphatic rings. The van der Waals surface area contributed by atoms with Crippen LogP contribution in [-0.2, 0) is 0 Å². The van der Waals surface area contributed by atoms with E-state index >= 15 is 0 Å². The second-order valence-corrected chi connectivity index (χ2v) is 18.1. The van der Waals surface area contributed by atoms with Crippen molar-refractivity contribution in [3.05, 3.63) is 0 Å². The van der Waals surface area contributed by atoms with Crippen LogP contribution in [-0.4, -0.2) is 58.9 Å². The Morgan fingerprint density at radius 1 is 0.586 bits per heavy atom. The van der Waals surface area contributed by atoms with Crippen molar-refractivity contribution in [3.8, 4) is 0 Å². The van der Waals surface area contributed by atoms with Gasteiger partial charge in [0.15, 0.2) is 0 Å². The van der Waals surface area contributed by atoms with Crippen LogP contribution in [0.4, 0.5) is 0 Å². The van der Waals surface area contributed by atoms with Gasteiger partial charge in [0.2, 0.25) is 0 Å². The Morgan fingerprint density at radius 2 is 0.966 bits per heavy atom. The second kappa shape index (κ2) is 12.0. The zero-order valence-corrected chi connectivity index (χ0v) is 22.7. The van der Waals surface area contributed by atoms with Gasteiger partial charge in [0.1, 0.15) is 0 Å². The lowest BCUT2D eigenvalue weighted by Gasteiger charge is -2.43. The molecule has 3 aliphatic heterocycles. The van der Waals surface area contributed by atoms with Crippen LogP contribution in [0.25, 0.3) is 0 Å². The first-order valence-corrected chi connectivity index (χ1v) is 17.6. The molecule has 0 spiro atoms. The molecule has 1 nitrogen and oxygen atoms in total. The van der Waals surface area contributed by atoms with Crippen molar-refractivity contribution in [2.45, 2.75) is 139 Å². The fourth-order valence-electron chi connectivity index (χ4n) is 6.51. The molecule has 3 fully saturated rings. The fourth-order valence-corrected chi connectivity index (χ4v) is 18.1. The van der Waals surface area contributed by atoms with Crippen LogP contribution < -0.4 is 0 Å². The summed E-state index contributed by atoms with van der Waals surface area (Å²) in [6, 6.07) is 0. The van der Waals surface area contributed by atoms with E-state index in [1.165, 1.54) is 83.2 Å². The Kier molecular flexibility index (Phi) is 10.3. The first-order valence-electron chi connectivity index (χ1n) is 12.9. The molecular weight excluding hydrogens is 406 g/mol. The lowest BCUT2D eigenvalue weighted by molar-refractivity contribution is 0.589. The van der Waals surface area contributed by atoms with E-state index in [4.69, 9.17) is 7.85 Å². The lowest BCUT2D eigenvalue weighted by Crippen LogP contribution is -2.29. The van der Waals surface area contributed by atoms with Crippen LogP contribution in [0.5, 0.6) is 0 Å². The molecule has 2 radical (unpaired) electrons. The third-order valence-electron chi connectivity index (χ3n) is 8.38. The highest BCUT2D eigenvalue weighted by Gasteiger charge is 2.43. The minimum atomic E-state index is -0.000453. The standard InChI is InChI=1S/C24H47BNP3/c1-6-19-11-12-20(7-2)27(19)17-26(18-28-21(8-3)15-16-24(28)25)29-22(9-4)13-14-23(29)10-5/h19-24H,6-18H2,1-5H3/t19-,20-,21-,22-,23-,24+,28?/m1/s1. The molecule has 1 unspecified atom stereocenters. The predicted molar refractivity (Wildman–Crippen MR) is 140 cm³/mol. The van der Waals surface area contributed by atoms with Gasteiger partial charge in [-0.1, -0.05) is 62.4 Å². The fraction of sp³-hybridized carbons (Fsp3) is 1.00. The molecule has 3 rings (SSSR count). The van der Waals surface area contributed by atoms with Crippen LogP contribution in [0.2, 0.25) is 0 Å². The summed E-state index contributed by atoms with van der Waals surface area (Å²) in [6.07, 6.45) is 18.7. The third-order valence-corrected chi connectivity index (χ3v) is 19.6. The number of nitrogens with zero attached hydrogens (tertiary/aromatic N) is 1. The molecule has 0 aromatic carbocycles. The Balaban J connectivity index is 1.84. The molecule has 0 bridgehead atoms. The van der Waals surface area contributed by atoms with Crippen molar-refractivity contribution in [2.24, 2.45) is 0 Å². The Labute approximate surface area is 188 Å². The highest BCUT2D eigenvalue weighted by atomic mass is 31.1. The Morgan fingerprint density at radius 3 is 1.45 bits per heavy atom. The molecule has 0 aromatic rings. The maximum atomic E-state index is 6.76. The van der Waals surface area contributed by atoms with Gasteiger partial charge in [-0.25, -0.2) is 0 Å². The van der Waals surface area contributed by atoms with Crippen LogP contribution in [0.15, 0.2) is 0 Å². The monoisotopic (exact) mass is 453 g/mol. The summed E-state index contributed by atoms with van der Waals surface area (Å²) in [5.41, 5.74) is 5.56. The van der Waals surface area contributed by atoms with Crippen molar-refractivity contribution in [2.75, 3.05) is 12.6 Å². The highest BCUT2D eigenvalue weighted by Crippen LogP contribution is 2.68. The van der Waals surface area contributed by atoms with E-state index in [9.17, 15) is 0 Å². The molecule has 0 saturated carbocycles. The van der Waals surface area contributed by atoms with E-state index in [0.29, 0.717) is 5.56 Å². The summed E-state index contributed by atoms with van der Waals surface area (Å²) in [5.74, 6) is 0. The summed E-state index contributed by atoms with van der Waals surface area (Å²) < 4.78 is 3.19. The van der Waals surface area contributed by atoms with Crippen molar-refractivity contribution in [3.63, 3.8) is 0 Å². The summed E-state index contributed by atoms with van der Waals surface area (Å²) in [6.45, 7) is 12.3. The number of rotatable bonds is 10. The maximum absolute atomic E-state index is 6.76. The van der Waals surface area contributed by atoms with Crippen LogP contribution >= 0.6 is 23.9 Å². The molecule has 0 N–H and O–H groups in total. The summed E-state index contributed by atoms with van der Waals surface area (Å²) in [7, 11) is 6.99. The van der Waals surface area contributed by atoms with E-state index in [1.54, 1.807) is 0 Å². The van der Waals surface area contributed by atoms with Gasteiger partial charge in [0.05, 0.1) is 7.85 Å². The molecule has 0 amide bonds. The molecule has 0 aliphatic carbocycles. The van der Waals surface area contributed by atoms with Crippen LogP contribution in [0.3, 0.4) is 0 Å². The quantitative estimate of drug-likeness (QED) is 0.237. The lowest BCUT2D eigenvalue weighted by atomic mass is 9.99. The Bertz CT molecular complexity index is 469. The van der Waals surface area contributed by atoms with Gasteiger partial charge >= 0.3 is 0 Å². The first-order chi connectivity index (χ1) is 14.1. The van der Waals surface area contributed by atoms with Gasteiger partial charge < -0.3 is 0 Å². The molecule has 3 heterocycles. The number of hydrogen-bond acceptors (Lipinski definition) is 1. The van der Waals surface area contributed by atoms with Crippen molar-refractivity contribution in [1.29, 1.82) is 0 Å². The van der Waals surface area contributed by atoms with E-state index in [1.807, 2.05) is 0 Å². The normalized spacial score (nSPS) is 39.2. The first kappa shape index (κ1) is 24.9. The summed E-state index contributed by atoms with van der Waals surface area (Å²) in [5, 5.41) is 0. The molecule has 7 atom stereocenters. The van der Waals surface area contributed by atoms with Gasteiger partial charge in [-0.3, -0.25) is 4.67 Å². The highest BCUT2D eigenvalue weighted by molar-refractivity contribution is 7.64. The van der Waals surface area contributed by atoms with Gasteiger partial charge in [-0.15, -0.1) is 0 Å². The van der Waals surface area contributed by atoms with Gasteiger partial charge in [-0.05, 0) is 101 Å². The second-order valence-electron chi connectivity index (χ2n) is 9.81. The summed E-state index contributed by atoms with van der Waals surface area (Å²) >= 11 is 0. The Hall–Kier alpha value is 1.31. The average molecular weight is 453 g/mol. The molecule has 3 saturated heterocycles. The van der Waals surface area contributed by atoms with Crippen LogP contribution in [0, 0.1) is 0 Å².